The van der Waals surface area contributed by atoms with E-state index >= 15 is 0 Å². The zero-order valence-electron chi connectivity index (χ0n) is 10.0. The van der Waals surface area contributed by atoms with Crippen LogP contribution in [0.5, 0.6) is 0 Å². The van der Waals surface area contributed by atoms with Gasteiger partial charge in [0.1, 0.15) is 5.76 Å². The highest BCUT2D eigenvalue weighted by atomic mass is 16.5. The quantitative estimate of drug-likeness (QED) is 0.811. The number of hydrogen-bond acceptors (Lipinski definition) is 3. The molecule has 86 valence electrons. The van der Waals surface area contributed by atoms with Crippen molar-refractivity contribution in [2.45, 2.75) is 38.8 Å². The lowest BCUT2D eigenvalue weighted by Gasteiger charge is -2.23. The molecule has 0 aliphatic heterocycles. The predicted octanol–water partition coefficient (Wildman–Crippen LogP) is 2.23. The van der Waals surface area contributed by atoms with Gasteiger partial charge in [-0.15, -0.1) is 0 Å². The summed E-state index contributed by atoms with van der Waals surface area (Å²) in [6, 6.07) is 4.20. The third-order valence-electron chi connectivity index (χ3n) is 2.15. The monoisotopic (exact) mass is 211 g/mol. The largest absolute Gasteiger partial charge is 0.469 e. The van der Waals surface area contributed by atoms with E-state index in [1.54, 1.807) is 6.26 Å². The highest BCUT2D eigenvalue weighted by Crippen LogP contribution is 2.10. The molecule has 0 spiro atoms. The Morgan fingerprint density at radius 2 is 2.20 bits per heavy atom. The topological polar surface area (TPSA) is 34.4 Å². The molecule has 0 aliphatic rings. The van der Waals surface area contributed by atoms with E-state index in [4.69, 9.17) is 9.15 Å². The van der Waals surface area contributed by atoms with Crippen molar-refractivity contribution in [3.05, 3.63) is 24.2 Å². The van der Waals surface area contributed by atoms with Crippen molar-refractivity contribution in [1.29, 1.82) is 0 Å². The molecule has 1 N–H and O–H groups in total. The molecule has 1 atom stereocenters. The molecule has 1 heterocycles. The number of nitrogens with one attached hydrogen (secondary N) is 1. The first-order chi connectivity index (χ1) is 7.01. The maximum absolute atomic E-state index is 5.73. The van der Waals surface area contributed by atoms with Crippen LogP contribution in [-0.2, 0) is 11.2 Å². The van der Waals surface area contributed by atoms with E-state index in [9.17, 15) is 0 Å². The first-order valence-corrected chi connectivity index (χ1v) is 5.35. The molecule has 1 aromatic heterocycles. The average Bonchev–Trinajstić information content (AvgIpc) is 2.63. The molecule has 15 heavy (non-hydrogen) atoms. The minimum atomic E-state index is -0.0851. The van der Waals surface area contributed by atoms with Crippen LogP contribution in [0.4, 0.5) is 0 Å². The van der Waals surface area contributed by atoms with Gasteiger partial charge in [-0.25, -0.2) is 0 Å². The van der Waals surface area contributed by atoms with E-state index in [-0.39, 0.29) is 5.60 Å². The Kier molecular flexibility index (Phi) is 4.36. The van der Waals surface area contributed by atoms with Crippen molar-refractivity contribution in [2.24, 2.45) is 0 Å². The summed E-state index contributed by atoms with van der Waals surface area (Å²) in [7, 11) is 1.94. The van der Waals surface area contributed by atoms with Gasteiger partial charge in [0, 0.05) is 12.5 Å². The van der Waals surface area contributed by atoms with E-state index in [0.717, 1.165) is 12.2 Å². The molecule has 0 fully saturated rings. The Bertz CT molecular complexity index is 262. The molecule has 0 aliphatic carbocycles. The van der Waals surface area contributed by atoms with Crippen LogP contribution >= 0.6 is 0 Å². The Morgan fingerprint density at radius 1 is 1.47 bits per heavy atom. The predicted molar refractivity (Wildman–Crippen MR) is 61.0 cm³/mol. The number of hydrogen-bond donors (Lipinski definition) is 1. The molecule has 0 bridgehead atoms. The second-order valence-corrected chi connectivity index (χ2v) is 4.69. The van der Waals surface area contributed by atoms with Crippen molar-refractivity contribution in [3.63, 3.8) is 0 Å². The molecule has 1 rings (SSSR count). The zero-order chi connectivity index (χ0) is 11.3. The number of furan rings is 1. The first kappa shape index (κ1) is 12.3. The molecule has 0 saturated carbocycles. The van der Waals surface area contributed by atoms with E-state index < -0.39 is 0 Å². The van der Waals surface area contributed by atoms with E-state index in [0.29, 0.717) is 12.6 Å². The van der Waals surface area contributed by atoms with Crippen LogP contribution in [0, 0.1) is 0 Å². The van der Waals surface area contributed by atoms with Crippen molar-refractivity contribution < 1.29 is 9.15 Å². The third kappa shape index (κ3) is 5.00. The third-order valence-corrected chi connectivity index (χ3v) is 2.15. The van der Waals surface area contributed by atoms with Crippen LogP contribution in [-0.4, -0.2) is 25.3 Å². The summed E-state index contributed by atoms with van der Waals surface area (Å²) in [5, 5.41) is 3.23. The SMILES string of the molecule is CNC(COC(C)(C)C)Cc1ccco1. The summed E-state index contributed by atoms with van der Waals surface area (Å²) in [6.45, 7) is 6.88. The highest BCUT2D eigenvalue weighted by Gasteiger charge is 2.15. The van der Waals surface area contributed by atoms with Crippen LogP contribution in [0.25, 0.3) is 0 Å². The van der Waals surface area contributed by atoms with Gasteiger partial charge in [0.15, 0.2) is 0 Å². The molecule has 1 aromatic rings. The molecule has 0 radical (unpaired) electrons. The molecule has 0 amide bonds. The van der Waals surface area contributed by atoms with E-state index in [1.165, 1.54) is 0 Å². The van der Waals surface area contributed by atoms with Gasteiger partial charge in [-0.1, -0.05) is 0 Å². The number of likely N-dealkylation sites (N-methyl/N-ethyl adjacent to an activating group) is 1. The molecule has 0 aromatic carbocycles. The number of rotatable bonds is 5. The Hall–Kier alpha value is -0.800. The normalized spacial score (nSPS) is 14.1. The smallest absolute Gasteiger partial charge is 0.105 e. The van der Waals surface area contributed by atoms with Gasteiger partial charge in [0.25, 0.3) is 0 Å². The summed E-state index contributed by atoms with van der Waals surface area (Å²) in [6.07, 6.45) is 2.56. The molecular weight excluding hydrogens is 190 g/mol. The van der Waals surface area contributed by atoms with Crippen LogP contribution in [0.1, 0.15) is 26.5 Å². The Morgan fingerprint density at radius 3 is 2.67 bits per heavy atom. The lowest BCUT2D eigenvalue weighted by Crippen LogP contribution is -2.36. The van der Waals surface area contributed by atoms with Gasteiger partial charge in [0.2, 0.25) is 0 Å². The standard InChI is InChI=1S/C12H21NO2/c1-12(2,3)15-9-10(13-4)8-11-6-5-7-14-11/h5-7,10,13H,8-9H2,1-4H3. The van der Waals surface area contributed by atoms with Gasteiger partial charge in [0.05, 0.1) is 18.5 Å². The van der Waals surface area contributed by atoms with Crippen LogP contribution in [0.3, 0.4) is 0 Å². The fourth-order valence-corrected chi connectivity index (χ4v) is 1.27. The first-order valence-electron chi connectivity index (χ1n) is 5.35. The second-order valence-electron chi connectivity index (χ2n) is 4.69. The van der Waals surface area contributed by atoms with E-state index in [2.05, 4.69) is 26.1 Å². The lowest BCUT2D eigenvalue weighted by molar-refractivity contribution is -0.0140. The van der Waals surface area contributed by atoms with Gasteiger partial charge in [-0.05, 0) is 40.0 Å². The van der Waals surface area contributed by atoms with Crippen LogP contribution in [0.15, 0.2) is 22.8 Å². The fourth-order valence-electron chi connectivity index (χ4n) is 1.27. The molecule has 3 heteroatoms. The highest BCUT2D eigenvalue weighted by molar-refractivity contribution is 5.00. The molecule has 3 nitrogen and oxygen atoms in total. The molecular formula is C12H21NO2. The molecule has 0 saturated heterocycles. The van der Waals surface area contributed by atoms with Gasteiger partial charge >= 0.3 is 0 Å². The zero-order valence-corrected chi connectivity index (χ0v) is 10.0. The fraction of sp³-hybridized carbons (Fsp3) is 0.667. The van der Waals surface area contributed by atoms with Crippen LogP contribution in [0.2, 0.25) is 0 Å². The summed E-state index contributed by atoms with van der Waals surface area (Å²) < 4.78 is 11.0. The minimum absolute atomic E-state index is 0.0851. The van der Waals surface area contributed by atoms with Gasteiger partial charge in [-0.2, -0.15) is 0 Å². The summed E-state index contributed by atoms with van der Waals surface area (Å²) in [5.74, 6) is 0.992. The number of ether oxygens (including phenoxy) is 1. The maximum Gasteiger partial charge on any atom is 0.105 e. The summed E-state index contributed by atoms with van der Waals surface area (Å²) in [5.41, 5.74) is -0.0851. The summed E-state index contributed by atoms with van der Waals surface area (Å²) in [4.78, 5) is 0. The van der Waals surface area contributed by atoms with Crippen molar-refractivity contribution in [3.8, 4) is 0 Å². The van der Waals surface area contributed by atoms with E-state index in [1.807, 2.05) is 19.2 Å². The lowest BCUT2D eigenvalue weighted by atomic mass is 10.1. The Balaban J connectivity index is 2.36. The van der Waals surface area contributed by atoms with Crippen LogP contribution < -0.4 is 5.32 Å². The average molecular weight is 211 g/mol. The van der Waals surface area contributed by atoms with Gasteiger partial charge in [-0.3, -0.25) is 0 Å². The van der Waals surface area contributed by atoms with Crippen molar-refractivity contribution in [2.75, 3.05) is 13.7 Å². The minimum Gasteiger partial charge on any atom is -0.469 e. The van der Waals surface area contributed by atoms with Crippen molar-refractivity contribution >= 4 is 0 Å². The van der Waals surface area contributed by atoms with Crippen molar-refractivity contribution in [1.82, 2.24) is 5.32 Å². The second kappa shape index (κ2) is 5.33. The van der Waals surface area contributed by atoms with Gasteiger partial charge < -0.3 is 14.5 Å². The summed E-state index contributed by atoms with van der Waals surface area (Å²) >= 11 is 0. The maximum atomic E-state index is 5.73. The molecule has 1 unspecified atom stereocenters. The Labute approximate surface area is 91.8 Å².